The van der Waals surface area contributed by atoms with E-state index in [9.17, 15) is 5.11 Å². The number of amidine groups is 1. The van der Waals surface area contributed by atoms with Crippen molar-refractivity contribution >= 4 is 23.3 Å². The number of piperazine rings is 1. The van der Waals surface area contributed by atoms with Gasteiger partial charge in [0.1, 0.15) is 17.3 Å². The molecule has 0 saturated carbocycles. The molecule has 2 aliphatic heterocycles. The minimum Gasteiger partial charge on any atom is -0.378 e. The molecular formula is C33H47ClN6O. The fourth-order valence-corrected chi connectivity index (χ4v) is 5.85. The maximum Gasteiger partial charge on any atom is 0.147 e. The van der Waals surface area contributed by atoms with E-state index in [0.717, 1.165) is 101 Å². The third kappa shape index (κ3) is 9.44. The molecule has 3 heterocycles. The largest absolute Gasteiger partial charge is 0.378 e. The number of halogens is 1. The first-order valence-corrected chi connectivity index (χ1v) is 15.6. The van der Waals surface area contributed by atoms with E-state index < -0.39 is 5.60 Å². The molecule has 1 fully saturated rings. The number of hydrogen-bond donors (Lipinski definition) is 2. The fourth-order valence-electron chi connectivity index (χ4n) is 5.57. The van der Waals surface area contributed by atoms with Crippen LogP contribution in [0.1, 0.15) is 63.6 Å². The van der Waals surface area contributed by atoms with E-state index >= 15 is 0 Å². The molecule has 0 bridgehead atoms. The Morgan fingerprint density at radius 1 is 1.15 bits per heavy atom. The normalized spacial score (nSPS) is 17.8. The van der Waals surface area contributed by atoms with Gasteiger partial charge in [-0.3, -0.25) is 9.89 Å². The lowest BCUT2D eigenvalue weighted by Crippen LogP contribution is -2.53. The third-order valence-corrected chi connectivity index (χ3v) is 8.07. The zero-order valence-electron chi connectivity index (χ0n) is 25.3. The Labute approximate surface area is 252 Å². The van der Waals surface area contributed by atoms with Crippen LogP contribution in [0.25, 0.3) is 0 Å². The predicted molar refractivity (Wildman–Crippen MR) is 171 cm³/mol. The Bertz CT molecular complexity index is 1210. The van der Waals surface area contributed by atoms with E-state index in [-0.39, 0.29) is 0 Å². The topological polar surface area (TPSA) is 67.2 Å². The van der Waals surface area contributed by atoms with Crippen LogP contribution in [-0.2, 0) is 6.42 Å². The van der Waals surface area contributed by atoms with Crippen LogP contribution in [0.2, 0.25) is 5.02 Å². The Morgan fingerprint density at radius 2 is 1.95 bits per heavy atom. The first-order valence-electron chi connectivity index (χ1n) is 15.3. The van der Waals surface area contributed by atoms with Crippen molar-refractivity contribution in [3.05, 3.63) is 58.2 Å². The molecule has 2 aromatic rings. The lowest BCUT2D eigenvalue weighted by molar-refractivity contribution is 0.143. The van der Waals surface area contributed by atoms with Crippen molar-refractivity contribution in [1.82, 2.24) is 20.1 Å². The SMILES string of the molecule is CCCN(CCCN1CCN(c2ncc(C3=NCCN3)cc2Cl)CC1CC)CCc1ccc(C#CC(C)(C)O)cc1. The molecule has 0 amide bonds. The van der Waals surface area contributed by atoms with Crippen LogP contribution in [0.15, 0.2) is 41.5 Å². The van der Waals surface area contributed by atoms with E-state index in [2.05, 4.69) is 75.0 Å². The van der Waals surface area contributed by atoms with Crippen LogP contribution < -0.4 is 10.2 Å². The summed E-state index contributed by atoms with van der Waals surface area (Å²) < 4.78 is 0. The van der Waals surface area contributed by atoms with E-state index in [1.165, 1.54) is 12.0 Å². The van der Waals surface area contributed by atoms with Crippen molar-refractivity contribution < 1.29 is 5.11 Å². The predicted octanol–water partition coefficient (Wildman–Crippen LogP) is 4.45. The maximum absolute atomic E-state index is 9.82. The average molecular weight is 579 g/mol. The van der Waals surface area contributed by atoms with Crippen molar-refractivity contribution in [2.24, 2.45) is 4.99 Å². The van der Waals surface area contributed by atoms with Crippen molar-refractivity contribution in [3.8, 4) is 11.8 Å². The number of nitrogens with one attached hydrogen (secondary N) is 1. The summed E-state index contributed by atoms with van der Waals surface area (Å²) in [6, 6.07) is 10.9. The monoisotopic (exact) mass is 578 g/mol. The summed E-state index contributed by atoms with van der Waals surface area (Å²) in [5.74, 6) is 7.72. The summed E-state index contributed by atoms with van der Waals surface area (Å²) >= 11 is 6.71. The number of hydrogen-bond acceptors (Lipinski definition) is 7. The van der Waals surface area contributed by atoms with Crippen LogP contribution in [0, 0.1) is 11.8 Å². The first-order chi connectivity index (χ1) is 19.8. The molecule has 0 radical (unpaired) electrons. The quantitative estimate of drug-likeness (QED) is 0.363. The number of aliphatic imine (C=N–C) groups is 1. The summed E-state index contributed by atoms with van der Waals surface area (Å²) in [4.78, 5) is 16.9. The van der Waals surface area contributed by atoms with Crippen LogP contribution in [0.4, 0.5) is 5.82 Å². The number of aromatic nitrogens is 1. The molecule has 1 unspecified atom stereocenters. The number of aliphatic hydroxyl groups is 1. The van der Waals surface area contributed by atoms with Crippen molar-refractivity contribution in [1.29, 1.82) is 0 Å². The van der Waals surface area contributed by atoms with E-state index in [4.69, 9.17) is 16.6 Å². The van der Waals surface area contributed by atoms with Gasteiger partial charge in [0, 0.05) is 56.1 Å². The van der Waals surface area contributed by atoms with Gasteiger partial charge in [0.25, 0.3) is 0 Å². The van der Waals surface area contributed by atoms with Gasteiger partial charge < -0.3 is 20.2 Å². The Morgan fingerprint density at radius 3 is 2.61 bits per heavy atom. The lowest BCUT2D eigenvalue weighted by atomic mass is 10.1. The second-order valence-corrected chi connectivity index (χ2v) is 12.1. The average Bonchev–Trinajstić information content (AvgIpc) is 3.50. The summed E-state index contributed by atoms with van der Waals surface area (Å²) in [5, 5.41) is 13.8. The molecule has 222 valence electrons. The zero-order chi connectivity index (χ0) is 29.2. The van der Waals surface area contributed by atoms with E-state index in [0.29, 0.717) is 11.1 Å². The second-order valence-electron chi connectivity index (χ2n) is 11.7. The van der Waals surface area contributed by atoms with Gasteiger partial charge in [-0.15, -0.1) is 0 Å². The number of nitrogens with zero attached hydrogens (tertiary/aromatic N) is 5. The molecule has 1 aromatic carbocycles. The highest BCUT2D eigenvalue weighted by Crippen LogP contribution is 2.27. The molecule has 2 N–H and O–H groups in total. The highest BCUT2D eigenvalue weighted by molar-refractivity contribution is 6.33. The minimum absolute atomic E-state index is 0.500. The summed E-state index contributed by atoms with van der Waals surface area (Å²) in [6.45, 7) is 17.0. The molecular weight excluding hydrogens is 532 g/mol. The van der Waals surface area contributed by atoms with Gasteiger partial charge in [0.05, 0.1) is 11.6 Å². The number of rotatable bonds is 12. The van der Waals surface area contributed by atoms with Gasteiger partial charge in [-0.05, 0) is 82.9 Å². The molecule has 0 spiro atoms. The molecule has 0 aliphatic carbocycles. The van der Waals surface area contributed by atoms with Gasteiger partial charge in [-0.25, -0.2) is 4.98 Å². The van der Waals surface area contributed by atoms with E-state index in [1.807, 2.05) is 12.3 Å². The third-order valence-electron chi connectivity index (χ3n) is 7.79. The molecule has 1 atom stereocenters. The molecule has 4 rings (SSSR count). The van der Waals surface area contributed by atoms with Crippen molar-refractivity contribution in [2.45, 2.75) is 65.0 Å². The minimum atomic E-state index is -0.968. The second kappa shape index (κ2) is 15.0. The van der Waals surface area contributed by atoms with Gasteiger partial charge in [0.15, 0.2) is 0 Å². The van der Waals surface area contributed by atoms with Crippen molar-refractivity contribution in [2.75, 3.05) is 63.8 Å². The Kier molecular flexibility index (Phi) is 11.5. The fraction of sp³-hybridized carbons (Fsp3) is 0.576. The van der Waals surface area contributed by atoms with Gasteiger partial charge in [0.2, 0.25) is 0 Å². The zero-order valence-corrected chi connectivity index (χ0v) is 26.1. The van der Waals surface area contributed by atoms with Crippen LogP contribution in [0.3, 0.4) is 0 Å². The summed E-state index contributed by atoms with van der Waals surface area (Å²) in [7, 11) is 0. The first kappa shape index (κ1) is 31.3. The molecule has 7 nitrogen and oxygen atoms in total. The lowest BCUT2D eigenvalue weighted by Gasteiger charge is -2.42. The van der Waals surface area contributed by atoms with Crippen LogP contribution in [-0.4, -0.2) is 96.3 Å². The smallest absolute Gasteiger partial charge is 0.147 e. The maximum atomic E-state index is 9.82. The Hall–Kier alpha value is -2.63. The number of anilines is 1. The molecule has 1 aromatic heterocycles. The molecule has 41 heavy (non-hydrogen) atoms. The Balaban J connectivity index is 1.24. The summed E-state index contributed by atoms with van der Waals surface area (Å²) in [6.07, 6.45) is 6.38. The van der Waals surface area contributed by atoms with E-state index in [1.54, 1.807) is 13.8 Å². The van der Waals surface area contributed by atoms with Crippen molar-refractivity contribution in [3.63, 3.8) is 0 Å². The van der Waals surface area contributed by atoms with Gasteiger partial charge in [-0.2, -0.15) is 0 Å². The summed E-state index contributed by atoms with van der Waals surface area (Å²) in [5.41, 5.74) is 2.27. The highest BCUT2D eigenvalue weighted by atomic mass is 35.5. The molecule has 2 aliphatic rings. The highest BCUT2D eigenvalue weighted by Gasteiger charge is 2.27. The number of benzene rings is 1. The molecule has 8 heteroatoms. The number of pyridine rings is 1. The van der Waals surface area contributed by atoms with Gasteiger partial charge in [-0.1, -0.05) is 49.4 Å². The molecule has 1 saturated heterocycles. The van der Waals surface area contributed by atoms with Crippen LogP contribution >= 0.6 is 11.6 Å². The van der Waals surface area contributed by atoms with Crippen LogP contribution in [0.5, 0.6) is 0 Å². The van der Waals surface area contributed by atoms with Gasteiger partial charge >= 0.3 is 0 Å². The standard InChI is InChI=1S/C33H47ClN6O/c1-5-17-38(20-13-27-10-8-26(9-11-27)12-14-33(3,4)41)18-7-19-39-21-22-40(25-29(39)6-2)32-30(34)23-28(24-37-32)31-35-15-16-36-31/h8-11,23-24,29,41H,5-7,13,15-22,25H2,1-4H3,(H,35,36).